The molecule has 0 bridgehead atoms. The molecule has 1 aliphatic carbocycles. The molecule has 2 aromatic carbocycles. The van der Waals surface area contributed by atoms with Crippen LogP contribution in [0.1, 0.15) is 49.4 Å². The van der Waals surface area contributed by atoms with E-state index < -0.39 is 12.0 Å². The highest BCUT2D eigenvalue weighted by Crippen LogP contribution is 2.29. The highest BCUT2D eigenvalue weighted by molar-refractivity contribution is 5.87. The van der Waals surface area contributed by atoms with E-state index in [2.05, 4.69) is 16.7 Å². The number of carbonyl (C=O) groups is 3. The third-order valence-corrected chi connectivity index (χ3v) is 5.49. The third-order valence-electron chi connectivity index (χ3n) is 5.49. The molecular formula is C25H30N2O4. The number of hydrogen-bond acceptors (Lipinski definition) is 4. The molecule has 31 heavy (non-hydrogen) atoms. The van der Waals surface area contributed by atoms with Crippen molar-refractivity contribution in [3.8, 4) is 0 Å². The van der Waals surface area contributed by atoms with E-state index in [0.717, 1.165) is 30.4 Å². The van der Waals surface area contributed by atoms with Crippen molar-refractivity contribution < 1.29 is 19.1 Å². The van der Waals surface area contributed by atoms with Gasteiger partial charge >= 0.3 is 5.97 Å². The average molecular weight is 423 g/mol. The Hall–Kier alpha value is -3.15. The quantitative estimate of drug-likeness (QED) is 0.640. The first-order valence-electron chi connectivity index (χ1n) is 10.8. The summed E-state index contributed by atoms with van der Waals surface area (Å²) in [7, 11) is 0. The average Bonchev–Trinajstić information content (AvgIpc) is 2.76. The normalized spacial score (nSPS) is 16.2. The fourth-order valence-corrected chi connectivity index (χ4v) is 3.87. The minimum atomic E-state index is -0.806. The van der Waals surface area contributed by atoms with Gasteiger partial charge in [0.2, 0.25) is 5.91 Å². The summed E-state index contributed by atoms with van der Waals surface area (Å²) in [4.78, 5) is 37.3. The number of amides is 2. The zero-order chi connectivity index (χ0) is 22.2. The first-order valence-corrected chi connectivity index (χ1v) is 10.8. The second-order valence-electron chi connectivity index (χ2n) is 8.27. The Labute approximate surface area is 183 Å². The van der Waals surface area contributed by atoms with E-state index in [-0.39, 0.29) is 36.8 Å². The Balaban J connectivity index is 1.50. The highest BCUT2D eigenvalue weighted by Gasteiger charge is 2.27. The van der Waals surface area contributed by atoms with Gasteiger partial charge in [-0.3, -0.25) is 9.59 Å². The van der Waals surface area contributed by atoms with Crippen LogP contribution in [0.15, 0.2) is 54.6 Å². The van der Waals surface area contributed by atoms with E-state index in [9.17, 15) is 14.4 Å². The molecule has 0 aliphatic heterocycles. The van der Waals surface area contributed by atoms with Crippen LogP contribution in [0.2, 0.25) is 0 Å². The predicted molar refractivity (Wildman–Crippen MR) is 118 cm³/mol. The van der Waals surface area contributed by atoms with Crippen LogP contribution in [0.25, 0.3) is 0 Å². The number of esters is 1. The summed E-state index contributed by atoms with van der Waals surface area (Å²) in [6, 6.07) is 16.5. The lowest BCUT2D eigenvalue weighted by Gasteiger charge is -2.26. The molecule has 6 nitrogen and oxygen atoms in total. The van der Waals surface area contributed by atoms with Crippen LogP contribution in [0.4, 0.5) is 0 Å². The minimum absolute atomic E-state index is 0.0670. The molecule has 0 spiro atoms. The van der Waals surface area contributed by atoms with Gasteiger partial charge in [-0.25, -0.2) is 4.79 Å². The number of nitrogens with one attached hydrogen (secondary N) is 2. The molecule has 0 heterocycles. The van der Waals surface area contributed by atoms with Gasteiger partial charge < -0.3 is 15.4 Å². The van der Waals surface area contributed by atoms with Gasteiger partial charge in [0.25, 0.3) is 5.91 Å². The van der Waals surface area contributed by atoms with E-state index in [1.54, 1.807) is 0 Å². The second kappa shape index (κ2) is 10.8. The van der Waals surface area contributed by atoms with Crippen molar-refractivity contribution in [2.24, 2.45) is 5.92 Å². The molecule has 3 rings (SSSR count). The van der Waals surface area contributed by atoms with Gasteiger partial charge in [-0.05, 0) is 41.9 Å². The molecule has 2 N–H and O–H groups in total. The first kappa shape index (κ1) is 22.5. The van der Waals surface area contributed by atoms with E-state index in [1.807, 2.05) is 62.4 Å². The van der Waals surface area contributed by atoms with Crippen LogP contribution < -0.4 is 10.6 Å². The maximum Gasteiger partial charge on any atom is 0.329 e. The van der Waals surface area contributed by atoms with Crippen molar-refractivity contribution in [2.75, 3.05) is 6.61 Å². The van der Waals surface area contributed by atoms with Crippen molar-refractivity contribution >= 4 is 17.8 Å². The Kier molecular flexibility index (Phi) is 7.82. The van der Waals surface area contributed by atoms with Crippen LogP contribution in [0, 0.1) is 5.92 Å². The monoisotopic (exact) mass is 422 g/mol. The van der Waals surface area contributed by atoms with Crippen molar-refractivity contribution in [1.82, 2.24) is 10.6 Å². The van der Waals surface area contributed by atoms with Gasteiger partial charge in [-0.1, -0.05) is 68.4 Å². The zero-order valence-electron chi connectivity index (χ0n) is 18.1. The fraction of sp³-hybridized carbons (Fsp3) is 0.400. The smallest absolute Gasteiger partial charge is 0.329 e. The Morgan fingerprint density at radius 2 is 1.71 bits per heavy atom. The van der Waals surface area contributed by atoms with E-state index >= 15 is 0 Å². The molecular weight excluding hydrogens is 392 g/mol. The van der Waals surface area contributed by atoms with Gasteiger partial charge in [0.1, 0.15) is 6.04 Å². The number of benzene rings is 2. The fourth-order valence-electron chi connectivity index (χ4n) is 3.87. The number of rotatable bonds is 8. The molecule has 0 aromatic heterocycles. The summed E-state index contributed by atoms with van der Waals surface area (Å²) in [5, 5.41) is 5.71. The Bertz CT molecular complexity index is 911. The second-order valence-corrected chi connectivity index (χ2v) is 8.27. The van der Waals surface area contributed by atoms with E-state index in [1.165, 1.54) is 5.56 Å². The SMILES string of the molecule is CC(C)[C@H](NC(=O)Cc1ccccc1)C(=O)OCC(=O)N[C@@H]1CCCc2ccccc21. The van der Waals surface area contributed by atoms with Crippen LogP contribution in [0.5, 0.6) is 0 Å². The number of ether oxygens (including phenoxy) is 1. The molecule has 2 amide bonds. The summed E-state index contributed by atoms with van der Waals surface area (Å²) in [5.74, 6) is -1.37. The molecule has 0 radical (unpaired) electrons. The number of carbonyl (C=O) groups excluding carboxylic acids is 3. The van der Waals surface area contributed by atoms with Gasteiger partial charge in [0.15, 0.2) is 6.61 Å². The lowest BCUT2D eigenvalue weighted by atomic mass is 9.88. The standard InChI is InChI=1S/C25H30N2O4/c1-17(2)24(27-22(28)15-18-9-4-3-5-10-18)25(30)31-16-23(29)26-21-14-8-12-19-11-6-7-13-20(19)21/h3-7,9-11,13,17,21,24H,8,12,14-16H2,1-2H3,(H,26,29)(H,27,28)/t21-,24+/m1/s1. The number of aryl methyl sites for hydroxylation is 1. The molecule has 0 saturated carbocycles. The first-order chi connectivity index (χ1) is 14.9. The van der Waals surface area contributed by atoms with Gasteiger partial charge in [0.05, 0.1) is 12.5 Å². The Morgan fingerprint density at radius 3 is 2.45 bits per heavy atom. The van der Waals surface area contributed by atoms with Crippen molar-refractivity contribution in [3.05, 3.63) is 71.3 Å². The lowest BCUT2D eigenvalue weighted by molar-refractivity contribution is -0.153. The van der Waals surface area contributed by atoms with Crippen LogP contribution in [0.3, 0.4) is 0 Å². The van der Waals surface area contributed by atoms with E-state index in [4.69, 9.17) is 4.74 Å². The van der Waals surface area contributed by atoms with Crippen LogP contribution in [-0.2, 0) is 32.0 Å². The molecule has 164 valence electrons. The summed E-state index contributed by atoms with van der Waals surface area (Å²) < 4.78 is 5.24. The molecule has 0 fully saturated rings. The topological polar surface area (TPSA) is 84.5 Å². The largest absolute Gasteiger partial charge is 0.454 e. The van der Waals surface area contributed by atoms with E-state index in [0.29, 0.717) is 0 Å². The lowest BCUT2D eigenvalue weighted by Crippen LogP contribution is -2.46. The van der Waals surface area contributed by atoms with Crippen LogP contribution in [-0.4, -0.2) is 30.4 Å². The molecule has 2 atom stereocenters. The number of fused-ring (bicyclic) bond motifs is 1. The van der Waals surface area contributed by atoms with Crippen molar-refractivity contribution in [2.45, 2.75) is 51.6 Å². The molecule has 2 aromatic rings. The molecule has 1 aliphatic rings. The van der Waals surface area contributed by atoms with Crippen LogP contribution >= 0.6 is 0 Å². The third kappa shape index (κ3) is 6.41. The Morgan fingerprint density at radius 1 is 1.00 bits per heavy atom. The minimum Gasteiger partial charge on any atom is -0.454 e. The van der Waals surface area contributed by atoms with Gasteiger partial charge in [-0.15, -0.1) is 0 Å². The van der Waals surface area contributed by atoms with Gasteiger partial charge in [-0.2, -0.15) is 0 Å². The maximum atomic E-state index is 12.6. The molecule has 6 heteroatoms. The van der Waals surface area contributed by atoms with Crippen molar-refractivity contribution in [1.29, 1.82) is 0 Å². The summed E-state index contributed by atoms with van der Waals surface area (Å²) >= 11 is 0. The maximum absolute atomic E-state index is 12.6. The summed E-state index contributed by atoms with van der Waals surface area (Å²) in [6.07, 6.45) is 3.06. The molecule has 0 saturated heterocycles. The van der Waals surface area contributed by atoms with Crippen molar-refractivity contribution in [3.63, 3.8) is 0 Å². The summed E-state index contributed by atoms with van der Waals surface area (Å²) in [5.41, 5.74) is 3.24. The predicted octanol–water partition coefficient (Wildman–Crippen LogP) is 3.11. The zero-order valence-corrected chi connectivity index (χ0v) is 18.1. The van der Waals surface area contributed by atoms with Gasteiger partial charge in [0, 0.05) is 0 Å². The number of hydrogen-bond donors (Lipinski definition) is 2. The molecule has 0 unspecified atom stereocenters. The summed E-state index contributed by atoms with van der Waals surface area (Å²) in [6.45, 7) is 3.29. The highest BCUT2D eigenvalue weighted by atomic mass is 16.5.